The van der Waals surface area contributed by atoms with Gasteiger partial charge in [0.1, 0.15) is 0 Å². The van der Waals surface area contributed by atoms with Crippen molar-refractivity contribution in [2.24, 2.45) is 23.7 Å². The molecular weight excluding hydrogens is 258 g/mol. The maximum atomic E-state index is 6.36. The van der Waals surface area contributed by atoms with Gasteiger partial charge in [0.2, 0.25) is 0 Å². The lowest BCUT2D eigenvalue weighted by Gasteiger charge is -2.11. The summed E-state index contributed by atoms with van der Waals surface area (Å²) >= 11 is 6.36. The maximum absolute atomic E-state index is 6.36. The van der Waals surface area contributed by atoms with Gasteiger partial charge in [0.25, 0.3) is 0 Å². The van der Waals surface area contributed by atoms with Crippen molar-refractivity contribution in [3.05, 3.63) is 16.4 Å². The third-order valence-electron chi connectivity index (χ3n) is 5.69. The number of fused-ring (bicyclic) bond motifs is 5. The minimum atomic E-state index is 0.767. The molecule has 0 amide bonds. The molecular formula is C15H22ClN3. The molecule has 1 N–H and O–H groups in total. The molecule has 1 aromatic rings. The van der Waals surface area contributed by atoms with Crippen LogP contribution < -0.4 is 5.32 Å². The highest BCUT2D eigenvalue weighted by Crippen LogP contribution is 2.65. The predicted octanol–water partition coefficient (Wildman–Crippen LogP) is 3.00. The van der Waals surface area contributed by atoms with Crippen molar-refractivity contribution >= 4 is 11.6 Å². The SMILES string of the molecule is CCn1nc(C)c(Cl)c1CNC1C2C3CCC(C3)C12. The quantitative estimate of drug-likeness (QED) is 0.918. The summed E-state index contributed by atoms with van der Waals surface area (Å²) in [5, 5.41) is 9.10. The Morgan fingerprint density at radius 3 is 2.63 bits per heavy atom. The van der Waals surface area contributed by atoms with Crippen LogP contribution in [0, 0.1) is 30.6 Å². The molecule has 0 radical (unpaired) electrons. The van der Waals surface area contributed by atoms with E-state index >= 15 is 0 Å². The maximum Gasteiger partial charge on any atom is 0.0860 e. The molecule has 104 valence electrons. The molecule has 4 heteroatoms. The van der Waals surface area contributed by atoms with E-state index in [1.54, 1.807) is 0 Å². The Morgan fingerprint density at radius 2 is 2.00 bits per heavy atom. The Bertz CT molecular complexity index is 494. The highest BCUT2D eigenvalue weighted by molar-refractivity contribution is 6.31. The molecule has 19 heavy (non-hydrogen) atoms. The van der Waals surface area contributed by atoms with Gasteiger partial charge >= 0.3 is 0 Å². The number of aromatic nitrogens is 2. The van der Waals surface area contributed by atoms with Crippen LogP contribution in [0.2, 0.25) is 5.02 Å². The van der Waals surface area contributed by atoms with Crippen molar-refractivity contribution < 1.29 is 0 Å². The average Bonchev–Trinajstić information content (AvgIpc) is 2.74. The van der Waals surface area contributed by atoms with E-state index in [4.69, 9.17) is 11.6 Å². The molecule has 3 fully saturated rings. The second-order valence-corrected chi connectivity index (χ2v) is 6.93. The molecule has 4 atom stereocenters. The number of rotatable bonds is 4. The second kappa shape index (κ2) is 4.23. The van der Waals surface area contributed by atoms with Crippen LogP contribution in [0.1, 0.15) is 37.6 Å². The normalized spacial score (nSPS) is 38.8. The molecule has 0 saturated heterocycles. The van der Waals surface area contributed by atoms with Gasteiger partial charge in [-0.15, -0.1) is 0 Å². The molecule has 3 aliphatic rings. The van der Waals surface area contributed by atoms with Crippen LogP contribution in [-0.2, 0) is 13.1 Å². The minimum Gasteiger partial charge on any atom is -0.308 e. The number of aryl methyl sites for hydroxylation is 2. The average molecular weight is 280 g/mol. The first-order valence-corrected chi connectivity index (χ1v) is 8.03. The van der Waals surface area contributed by atoms with Gasteiger partial charge in [-0.2, -0.15) is 5.10 Å². The van der Waals surface area contributed by atoms with Gasteiger partial charge in [0.15, 0.2) is 0 Å². The molecule has 2 bridgehead atoms. The lowest BCUT2D eigenvalue weighted by molar-refractivity contribution is 0.454. The minimum absolute atomic E-state index is 0.767. The molecule has 3 nitrogen and oxygen atoms in total. The van der Waals surface area contributed by atoms with Crippen LogP contribution in [0.3, 0.4) is 0 Å². The Kier molecular flexibility index (Phi) is 2.72. The molecule has 1 heterocycles. The fraction of sp³-hybridized carbons (Fsp3) is 0.800. The standard InChI is InChI=1S/C15H22ClN3/c1-3-19-11(14(16)8(2)18-19)7-17-15-12-9-4-5-10(6-9)13(12)15/h9-10,12-13,15,17H,3-7H2,1-2H3. The first kappa shape index (κ1) is 12.2. The Morgan fingerprint density at radius 1 is 1.32 bits per heavy atom. The van der Waals surface area contributed by atoms with E-state index in [1.807, 2.05) is 11.6 Å². The largest absolute Gasteiger partial charge is 0.308 e. The molecule has 1 aromatic heterocycles. The summed E-state index contributed by atoms with van der Waals surface area (Å²) in [6.07, 6.45) is 4.48. The summed E-state index contributed by atoms with van der Waals surface area (Å²) in [4.78, 5) is 0. The summed E-state index contributed by atoms with van der Waals surface area (Å²) in [7, 11) is 0. The van der Waals surface area contributed by atoms with E-state index in [-0.39, 0.29) is 0 Å². The fourth-order valence-electron chi connectivity index (χ4n) is 4.85. The Labute approximate surface area is 119 Å². The second-order valence-electron chi connectivity index (χ2n) is 6.56. The lowest BCUT2D eigenvalue weighted by atomic mass is 10.0. The monoisotopic (exact) mass is 279 g/mol. The van der Waals surface area contributed by atoms with Crippen molar-refractivity contribution in [2.45, 2.75) is 52.2 Å². The van der Waals surface area contributed by atoms with Crippen LogP contribution >= 0.6 is 11.6 Å². The summed E-state index contributed by atoms with van der Waals surface area (Å²) in [5.41, 5.74) is 2.12. The summed E-state index contributed by atoms with van der Waals surface area (Å²) in [6.45, 7) is 5.89. The van der Waals surface area contributed by atoms with Crippen LogP contribution in [0.15, 0.2) is 0 Å². The Hall–Kier alpha value is -0.540. The third kappa shape index (κ3) is 1.71. The van der Waals surface area contributed by atoms with Gasteiger partial charge in [-0.1, -0.05) is 11.6 Å². The van der Waals surface area contributed by atoms with Gasteiger partial charge in [0.05, 0.1) is 16.4 Å². The molecule has 4 rings (SSSR count). The lowest BCUT2D eigenvalue weighted by Crippen LogP contribution is -2.24. The smallest absolute Gasteiger partial charge is 0.0860 e. The van der Waals surface area contributed by atoms with Crippen molar-refractivity contribution in [3.8, 4) is 0 Å². The molecule has 4 unspecified atom stereocenters. The van der Waals surface area contributed by atoms with E-state index in [1.165, 1.54) is 25.0 Å². The van der Waals surface area contributed by atoms with Crippen LogP contribution in [0.5, 0.6) is 0 Å². The Balaban J connectivity index is 1.44. The third-order valence-corrected chi connectivity index (χ3v) is 6.18. The van der Waals surface area contributed by atoms with Crippen molar-refractivity contribution in [3.63, 3.8) is 0 Å². The molecule has 0 aliphatic heterocycles. The summed E-state index contributed by atoms with van der Waals surface area (Å²) < 4.78 is 2.04. The van der Waals surface area contributed by atoms with Gasteiger partial charge in [0, 0.05) is 19.1 Å². The molecule has 3 aliphatic carbocycles. The van der Waals surface area contributed by atoms with E-state index in [2.05, 4.69) is 17.3 Å². The van der Waals surface area contributed by atoms with Crippen LogP contribution in [0.4, 0.5) is 0 Å². The molecule has 3 saturated carbocycles. The van der Waals surface area contributed by atoms with E-state index in [0.29, 0.717) is 0 Å². The topological polar surface area (TPSA) is 29.9 Å². The van der Waals surface area contributed by atoms with Gasteiger partial charge in [-0.25, -0.2) is 0 Å². The summed E-state index contributed by atoms with van der Waals surface area (Å²) in [5.74, 6) is 4.02. The van der Waals surface area contributed by atoms with Crippen molar-refractivity contribution in [2.75, 3.05) is 0 Å². The molecule has 0 aromatic carbocycles. The van der Waals surface area contributed by atoms with Crippen molar-refractivity contribution in [1.82, 2.24) is 15.1 Å². The number of hydrogen-bond acceptors (Lipinski definition) is 2. The summed E-state index contributed by atoms with van der Waals surface area (Å²) in [6, 6.07) is 0.767. The first-order chi connectivity index (χ1) is 9.20. The predicted molar refractivity (Wildman–Crippen MR) is 76.1 cm³/mol. The first-order valence-electron chi connectivity index (χ1n) is 7.65. The van der Waals surface area contributed by atoms with Crippen LogP contribution in [-0.4, -0.2) is 15.8 Å². The fourth-order valence-corrected chi connectivity index (χ4v) is 5.05. The zero-order valence-electron chi connectivity index (χ0n) is 11.7. The zero-order chi connectivity index (χ0) is 13.1. The number of hydrogen-bond donors (Lipinski definition) is 1. The van der Waals surface area contributed by atoms with E-state index in [9.17, 15) is 0 Å². The van der Waals surface area contributed by atoms with E-state index < -0.39 is 0 Å². The highest BCUT2D eigenvalue weighted by Gasteiger charge is 2.64. The van der Waals surface area contributed by atoms with Gasteiger partial charge < -0.3 is 5.32 Å². The van der Waals surface area contributed by atoms with Gasteiger partial charge in [-0.05, 0) is 56.8 Å². The van der Waals surface area contributed by atoms with Crippen molar-refractivity contribution in [1.29, 1.82) is 0 Å². The number of nitrogens with zero attached hydrogens (tertiary/aromatic N) is 2. The van der Waals surface area contributed by atoms with Crippen LogP contribution in [0.25, 0.3) is 0 Å². The zero-order valence-corrected chi connectivity index (χ0v) is 12.5. The number of halogens is 1. The van der Waals surface area contributed by atoms with E-state index in [0.717, 1.165) is 53.5 Å². The highest BCUT2D eigenvalue weighted by atomic mass is 35.5. The number of nitrogens with one attached hydrogen (secondary N) is 1. The molecule has 0 spiro atoms. The van der Waals surface area contributed by atoms with Gasteiger partial charge in [-0.3, -0.25) is 4.68 Å².